The molecule has 1 aromatic carbocycles. The number of rotatable bonds is 8. The summed E-state index contributed by atoms with van der Waals surface area (Å²) in [5, 5.41) is 13.0. The summed E-state index contributed by atoms with van der Waals surface area (Å²) in [4.78, 5) is 16.9. The van der Waals surface area contributed by atoms with E-state index in [2.05, 4.69) is 10.3 Å². The van der Waals surface area contributed by atoms with Crippen LogP contribution in [0.1, 0.15) is 36.0 Å². The van der Waals surface area contributed by atoms with Crippen LogP contribution in [0.2, 0.25) is 0 Å². The Morgan fingerprint density at radius 2 is 2.00 bits per heavy atom. The molecule has 0 unspecified atom stereocenters. The van der Waals surface area contributed by atoms with E-state index in [0.29, 0.717) is 42.3 Å². The van der Waals surface area contributed by atoms with Gasteiger partial charge in [-0.05, 0) is 36.6 Å². The molecule has 7 heteroatoms. The fourth-order valence-electron chi connectivity index (χ4n) is 3.50. The zero-order valence-electron chi connectivity index (χ0n) is 16.6. The number of aromatic nitrogens is 1. The standard InChI is InChI=1S/C22H27FN2O4/c1-28-10-11-29-22-19(15-6-8-18(23)9-7-15)12-17(14-25-22)21(27)24-13-16-4-2-3-5-20(16)26/h6-9,12,14,16,20,26H,2-5,10-11,13H2,1H3,(H,24,27)/t16-,20-/m0/s1. The highest BCUT2D eigenvalue weighted by molar-refractivity contribution is 5.95. The minimum absolute atomic E-state index is 0.0777. The first kappa shape index (κ1) is 21.2. The molecule has 0 saturated heterocycles. The van der Waals surface area contributed by atoms with Gasteiger partial charge in [0.1, 0.15) is 12.4 Å². The summed E-state index contributed by atoms with van der Waals surface area (Å²) in [6.45, 7) is 1.14. The Morgan fingerprint density at radius 1 is 1.24 bits per heavy atom. The van der Waals surface area contributed by atoms with E-state index in [0.717, 1.165) is 25.7 Å². The van der Waals surface area contributed by atoms with Crippen molar-refractivity contribution in [1.82, 2.24) is 10.3 Å². The van der Waals surface area contributed by atoms with Crippen molar-refractivity contribution in [3.63, 3.8) is 0 Å². The Morgan fingerprint density at radius 3 is 2.72 bits per heavy atom. The molecule has 2 atom stereocenters. The number of ether oxygens (including phenoxy) is 2. The second-order valence-electron chi connectivity index (χ2n) is 7.25. The summed E-state index contributed by atoms with van der Waals surface area (Å²) in [5.41, 5.74) is 1.68. The van der Waals surface area contributed by atoms with Crippen LogP contribution in [0.15, 0.2) is 36.5 Å². The van der Waals surface area contributed by atoms with Gasteiger partial charge in [0.25, 0.3) is 5.91 Å². The maximum Gasteiger partial charge on any atom is 0.252 e. The second kappa shape index (κ2) is 10.3. The van der Waals surface area contributed by atoms with Gasteiger partial charge < -0.3 is 19.9 Å². The quantitative estimate of drug-likeness (QED) is 0.663. The molecule has 29 heavy (non-hydrogen) atoms. The van der Waals surface area contributed by atoms with Crippen LogP contribution in [0.25, 0.3) is 11.1 Å². The number of nitrogens with zero attached hydrogens (tertiary/aromatic N) is 1. The van der Waals surface area contributed by atoms with Gasteiger partial charge in [0.15, 0.2) is 0 Å². The van der Waals surface area contributed by atoms with E-state index in [1.165, 1.54) is 18.3 Å². The summed E-state index contributed by atoms with van der Waals surface area (Å²) in [6.07, 6.45) is 4.88. The van der Waals surface area contributed by atoms with Crippen molar-refractivity contribution in [2.75, 3.05) is 26.9 Å². The van der Waals surface area contributed by atoms with Crippen LogP contribution in [-0.2, 0) is 4.74 Å². The number of carbonyl (C=O) groups excluding carboxylic acids is 1. The zero-order chi connectivity index (χ0) is 20.6. The zero-order valence-corrected chi connectivity index (χ0v) is 16.6. The molecule has 0 spiro atoms. The molecule has 2 N–H and O–H groups in total. The smallest absolute Gasteiger partial charge is 0.252 e. The van der Waals surface area contributed by atoms with Crippen LogP contribution in [0.4, 0.5) is 4.39 Å². The fraction of sp³-hybridized carbons (Fsp3) is 0.455. The van der Waals surface area contributed by atoms with Gasteiger partial charge in [0.05, 0.1) is 18.3 Å². The van der Waals surface area contributed by atoms with E-state index >= 15 is 0 Å². The van der Waals surface area contributed by atoms with Crippen LogP contribution in [0.5, 0.6) is 5.88 Å². The highest BCUT2D eigenvalue weighted by atomic mass is 19.1. The lowest BCUT2D eigenvalue weighted by Crippen LogP contribution is -2.36. The predicted octanol–water partition coefficient (Wildman–Crippen LogP) is 3.19. The third-order valence-electron chi connectivity index (χ3n) is 5.19. The number of benzene rings is 1. The molecule has 6 nitrogen and oxygen atoms in total. The van der Waals surface area contributed by atoms with Crippen molar-refractivity contribution < 1.29 is 23.8 Å². The van der Waals surface area contributed by atoms with E-state index in [1.807, 2.05) is 0 Å². The molecule has 1 heterocycles. The normalized spacial score (nSPS) is 19.0. The number of hydrogen-bond donors (Lipinski definition) is 2. The predicted molar refractivity (Wildman–Crippen MR) is 107 cm³/mol. The van der Waals surface area contributed by atoms with Crippen LogP contribution in [0, 0.1) is 11.7 Å². The van der Waals surface area contributed by atoms with Gasteiger partial charge in [-0.2, -0.15) is 0 Å². The molecule has 3 rings (SSSR count). The lowest BCUT2D eigenvalue weighted by atomic mass is 9.86. The molecule has 156 valence electrons. The molecule has 1 aliphatic carbocycles. The van der Waals surface area contributed by atoms with Crippen molar-refractivity contribution in [3.8, 4) is 17.0 Å². The Bertz CT molecular complexity index is 813. The van der Waals surface area contributed by atoms with Gasteiger partial charge in [0, 0.05) is 31.3 Å². The van der Waals surface area contributed by atoms with Gasteiger partial charge in [-0.15, -0.1) is 0 Å². The Hall–Kier alpha value is -2.51. The first-order valence-corrected chi connectivity index (χ1v) is 9.92. The van der Waals surface area contributed by atoms with E-state index < -0.39 is 0 Å². The molecule has 1 fully saturated rings. The summed E-state index contributed by atoms with van der Waals surface area (Å²) >= 11 is 0. The van der Waals surface area contributed by atoms with Crippen LogP contribution < -0.4 is 10.1 Å². The number of aliphatic hydroxyl groups excluding tert-OH is 1. The summed E-state index contributed by atoms with van der Waals surface area (Å²) in [5.74, 6) is -0.174. The minimum Gasteiger partial charge on any atom is -0.475 e. The third-order valence-corrected chi connectivity index (χ3v) is 5.19. The number of carbonyl (C=O) groups is 1. The topological polar surface area (TPSA) is 80.7 Å². The number of aliphatic hydroxyl groups is 1. The van der Waals surface area contributed by atoms with Gasteiger partial charge in [-0.25, -0.2) is 9.37 Å². The molecule has 1 aromatic heterocycles. The SMILES string of the molecule is COCCOc1ncc(C(=O)NC[C@@H]2CCCC[C@@H]2O)cc1-c1ccc(F)cc1. The Labute approximate surface area is 170 Å². The van der Waals surface area contributed by atoms with E-state index in [-0.39, 0.29) is 23.7 Å². The molecular weight excluding hydrogens is 375 g/mol. The van der Waals surface area contributed by atoms with Crippen molar-refractivity contribution >= 4 is 5.91 Å². The van der Waals surface area contributed by atoms with E-state index in [1.54, 1.807) is 25.3 Å². The van der Waals surface area contributed by atoms with Crippen LogP contribution >= 0.6 is 0 Å². The van der Waals surface area contributed by atoms with Crippen LogP contribution in [-0.4, -0.2) is 49.0 Å². The van der Waals surface area contributed by atoms with Crippen molar-refractivity contribution in [3.05, 3.63) is 47.9 Å². The largest absolute Gasteiger partial charge is 0.475 e. The third kappa shape index (κ3) is 5.74. The Balaban J connectivity index is 1.77. The Kier molecular flexibility index (Phi) is 7.55. The van der Waals surface area contributed by atoms with Crippen molar-refractivity contribution in [2.24, 2.45) is 5.92 Å². The monoisotopic (exact) mass is 402 g/mol. The number of nitrogens with one attached hydrogen (secondary N) is 1. The molecule has 0 radical (unpaired) electrons. The lowest BCUT2D eigenvalue weighted by Gasteiger charge is -2.27. The van der Waals surface area contributed by atoms with E-state index in [9.17, 15) is 14.3 Å². The molecule has 0 aliphatic heterocycles. The first-order chi connectivity index (χ1) is 14.1. The number of hydrogen-bond acceptors (Lipinski definition) is 5. The van der Waals surface area contributed by atoms with Crippen molar-refractivity contribution in [1.29, 1.82) is 0 Å². The van der Waals surface area contributed by atoms with Gasteiger partial charge >= 0.3 is 0 Å². The number of methoxy groups -OCH3 is 1. The first-order valence-electron chi connectivity index (χ1n) is 9.92. The molecule has 2 aromatic rings. The molecule has 0 bridgehead atoms. The maximum absolute atomic E-state index is 13.3. The number of pyridine rings is 1. The average Bonchev–Trinajstić information content (AvgIpc) is 2.74. The lowest BCUT2D eigenvalue weighted by molar-refractivity contribution is 0.0663. The fourth-order valence-corrected chi connectivity index (χ4v) is 3.50. The van der Waals surface area contributed by atoms with Gasteiger partial charge in [0.2, 0.25) is 5.88 Å². The summed E-state index contributed by atoms with van der Waals surface area (Å²) in [6, 6.07) is 7.64. The molecular formula is C22H27FN2O4. The average molecular weight is 402 g/mol. The number of halogens is 1. The van der Waals surface area contributed by atoms with Crippen LogP contribution in [0.3, 0.4) is 0 Å². The number of amides is 1. The van der Waals surface area contributed by atoms with Gasteiger partial charge in [-0.3, -0.25) is 4.79 Å². The highest BCUT2D eigenvalue weighted by Crippen LogP contribution is 2.29. The molecule has 1 amide bonds. The second-order valence-corrected chi connectivity index (χ2v) is 7.25. The summed E-state index contributed by atoms with van der Waals surface area (Å²) < 4.78 is 24.0. The summed E-state index contributed by atoms with van der Waals surface area (Å²) in [7, 11) is 1.58. The molecule has 1 saturated carbocycles. The van der Waals surface area contributed by atoms with Gasteiger partial charge in [-0.1, -0.05) is 25.0 Å². The maximum atomic E-state index is 13.3. The van der Waals surface area contributed by atoms with Crippen molar-refractivity contribution in [2.45, 2.75) is 31.8 Å². The van der Waals surface area contributed by atoms with E-state index in [4.69, 9.17) is 9.47 Å². The molecule has 1 aliphatic rings. The highest BCUT2D eigenvalue weighted by Gasteiger charge is 2.23. The minimum atomic E-state index is -0.367.